The number of nitrogens with one attached hydrogen (secondary N) is 1. The van der Waals surface area contributed by atoms with Crippen LogP contribution in [0.1, 0.15) is 11.1 Å². The Balaban J connectivity index is 2.09. The molecule has 1 aliphatic rings. The minimum absolute atomic E-state index is 0.155. The van der Waals surface area contributed by atoms with E-state index >= 15 is 0 Å². The van der Waals surface area contributed by atoms with Gasteiger partial charge in [0.25, 0.3) is 0 Å². The van der Waals surface area contributed by atoms with E-state index in [1.165, 1.54) is 17.5 Å². The fourth-order valence-electron chi connectivity index (χ4n) is 2.78. The van der Waals surface area contributed by atoms with Crippen LogP contribution in [-0.2, 0) is 16.3 Å². The van der Waals surface area contributed by atoms with E-state index in [2.05, 4.69) is 5.32 Å². The van der Waals surface area contributed by atoms with Crippen molar-refractivity contribution < 1.29 is 17.9 Å². The highest BCUT2D eigenvalue weighted by Gasteiger charge is 2.21. The molecule has 132 valence electrons. The highest BCUT2D eigenvalue weighted by molar-refractivity contribution is 7.94. The molecule has 5 nitrogen and oxygen atoms in total. The lowest BCUT2D eigenvalue weighted by molar-refractivity contribution is 0.354. The van der Waals surface area contributed by atoms with Crippen LogP contribution in [0.5, 0.6) is 11.5 Å². The molecule has 0 amide bonds. The van der Waals surface area contributed by atoms with Gasteiger partial charge in [-0.05, 0) is 42.3 Å². The molecule has 0 bridgehead atoms. The van der Waals surface area contributed by atoms with Gasteiger partial charge >= 0.3 is 0 Å². The van der Waals surface area contributed by atoms with Crippen molar-refractivity contribution in [3.8, 4) is 11.5 Å². The van der Waals surface area contributed by atoms with Crippen molar-refractivity contribution in [3.63, 3.8) is 0 Å². The number of sulfone groups is 1. The number of ether oxygens (including phenoxy) is 2. The van der Waals surface area contributed by atoms with Crippen LogP contribution < -0.4 is 14.8 Å². The number of hydrogen-bond donors (Lipinski definition) is 1. The van der Waals surface area contributed by atoms with Crippen molar-refractivity contribution in [1.29, 1.82) is 0 Å². The average molecular weight is 380 g/mol. The average Bonchev–Trinajstić information content (AvgIpc) is 2.60. The molecule has 0 aromatic heterocycles. The zero-order valence-electron chi connectivity index (χ0n) is 13.9. The number of hydrogen-bond acceptors (Lipinski definition) is 5. The van der Waals surface area contributed by atoms with Gasteiger partial charge in [-0.3, -0.25) is 0 Å². The van der Waals surface area contributed by atoms with Crippen LogP contribution in [-0.4, -0.2) is 29.2 Å². The zero-order chi connectivity index (χ0) is 18.0. The number of benzene rings is 2. The first-order valence-corrected chi connectivity index (χ1v) is 9.58. The number of methoxy groups -OCH3 is 2. The van der Waals surface area contributed by atoms with E-state index in [1.54, 1.807) is 32.4 Å². The maximum Gasteiger partial charge on any atom is 0.201 e. The largest absolute Gasteiger partial charge is 0.493 e. The topological polar surface area (TPSA) is 64.6 Å². The van der Waals surface area contributed by atoms with Crippen LogP contribution in [0.2, 0.25) is 5.02 Å². The molecule has 7 heteroatoms. The molecule has 2 aromatic rings. The van der Waals surface area contributed by atoms with Gasteiger partial charge in [0.05, 0.1) is 30.2 Å². The summed E-state index contributed by atoms with van der Waals surface area (Å²) in [7, 11) is -0.518. The van der Waals surface area contributed by atoms with Crippen molar-refractivity contribution in [1.82, 2.24) is 5.32 Å². The third-order valence-electron chi connectivity index (χ3n) is 4.01. The molecular weight excluding hydrogens is 362 g/mol. The lowest BCUT2D eigenvalue weighted by Crippen LogP contribution is -2.23. The van der Waals surface area contributed by atoms with Gasteiger partial charge in [-0.2, -0.15) is 0 Å². The standard InChI is InChI=1S/C18H18ClNO4S/c1-23-17-8-12-6-7-20-16(15(12)10-18(17)24-2)11-25(21,22)14-5-3-4-13(19)9-14/h3-5,8-11,20H,6-7H2,1-2H3/b16-11-. The van der Waals surface area contributed by atoms with Gasteiger partial charge < -0.3 is 14.8 Å². The Morgan fingerprint density at radius 3 is 2.52 bits per heavy atom. The summed E-state index contributed by atoms with van der Waals surface area (Å²) in [6, 6.07) is 9.89. The van der Waals surface area contributed by atoms with Gasteiger partial charge in [-0.1, -0.05) is 17.7 Å². The maximum atomic E-state index is 12.7. The van der Waals surface area contributed by atoms with Gasteiger partial charge in [0, 0.05) is 17.1 Å². The van der Waals surface area contributed by atoms with Gasteiger partial charge in [-0.25, -0.2) is 8.42 Å². The summed E-state index contributed by atoms with van der Waals surface area (Å²) in [5.74, 6) is 1.18. The van der Waals surface area contributed by atoms with Crippen molar-refractivity contribution in [3.05, 3.63) is 58.0 Å². The second-order valence-corrected chi connectivity index (χ2v) is 7.81. The summed E-state index contributed by atoms with van der Waals surface area (Å²) >= 11 is 5.92. The molecular formula is C18H18ClNO4S. The van der Waals surface area contributed by atoms with Crippen LogP contribution in [0, 0.1) is 0 Å². The van der Waals surface area contributed by atoms with Gasteiger partial charge in [-0.15, -0.1) is 0 Å². The van der Waals surface area contributed by atoms with Crippen molar-refractivity contribution in [2.45, 2.75) is 11.3 Å². The monoisotopic (exact) mass is 379 g/mol. The minimum atomic E-state index is -3.64. The summed E-state index contributed by atoms with van der Waals surface area (Å²) in [5.41, 5.74) is 2.32. The summed E-state index contributed by atoms with van der Waals surface area (Å²) in [5, 5.41) is 4.77. The third kappa shape index (κ3) is 3.60. The van der Waals surface area contributed by atoms with E-state index in [0.717, 1.165) is 17.5 Å². The first kappa shape index (κ1) is 17.6. The molecule has 0 spiro atoms. The lowest BCUT2D eigenvalue weighted by Gasteiger charge is -2.23. The molecule has 1 heterocycles. The second-order valence-electron chi connectivity index (χ2n) is 5.58. The molecule has 1 N–H and O–H groups in total. The molecule has 0 unspecified atom stereocenters. The highest BCUT2D eigenvalue weighted by Crippen LogP contribution is 2.35. The lowest BCUT2D eigenvalue weighted by atomic mass is 9.98. The van der Waals surface area contributed by atoms with E-state index < -0.39 is 9.84 Å². The number of halogens is 1. The quantitative estimate of drug-likeness (QED) is 0.883. The smallest absolute Gasteiger partial charge is 0.201 e. The molecule has 0 saturated carbocycles. The summed E-state index contributed by atoms with van der Waals surface area (Å²) in [4.78, 5) is 0.155. The fraction of sp³-hybridized carbons (Fsp3) is 0.222. The first-order chi connectivity index (χ1) is 11.9. The second kappa shape index (κ2) is 6.98. The van der Waals surface area contributed by atoms with Crippen molar-refractivity contribution in [2.75, 3.05) is 20.8 Å². The predicted molar refractivity (Wildman–Crippen MR) is 97.9 cm³/mol. The summed E-state index contributed by atoms with van der Waals surface area (Å²) < 4.78 is 36.1. The Morgan fingerprint density at radius 2 is 1.84 bits per heavy atom. The Bertz CT molecular complexity index is 938. The molecule has 0 radical (unpaired) electrons. The van der Waals surface area contributed by atoms with E-state index in [0.29, 0.717) is 28.8 Å². The minimum Gasteiger partial charge on any atom is -0.493 e. The van der Waals surface area contributed by atoms with E-state index in [1.807, 2.05) is 6.07 Å². The summed E-state index contributed by atoms with van der Waals surface area (Å²) in [6.07, 6.45) is 0.768. The maximum absolute atomic E-state index is 12.7. The van der Waals surface area contributed by atoms with Crippen LogP contribution in [0.3, 0.4) is 0 Å². The van der Waals surface area contributed by atoms with E-state index in [9.17, 15) is 8.42 Å². The molecule has 0 saturated heterocycles. The number of rotatable bonds is 4. The Labute approximate surface area is 152 Å². The molecule has 3 rings (SSSR count). The normalized spacial score (nSPS) is 15.4. The summed E-state index contributed by atoms with van der Waals surface area (Å²) in [6.45, 7) is 0.638. The Kier molecular flexibility index (Phi) is 4.92. The Hall–Kier alpha value is -2.18. The zero-order valence-corrected chi connectivity index (χ0v) is 15.4. The highest BCUT2D eigenvalue weighted by atomic mass is 35.5. The van der Waals surface area contributed by atoms with Crippen LogP contribution in [0.4, 0.5) is 0 Å². The van der Waals surface area contributed by atoms with Gasteiger partial charge in [0.15, 0.2) is 11.5 Å². The molecule has 0 aliphatic carbocycles. The molecule has 25 heavy (non-hydrogen) atoms. The van der Waals surface area contributed by atoms with Crippen LogP contribution in [0.25, 0.3) is 5.70 Å². The molecule has 1 aliphatic heterocycles. The molecule has 2 aromatic carbocycles. The van der Waals surface area contributed by atoms with E-state index in [4.69, 9.17) is 21.1 Å². The van der Waals surface area contributed by atoms with E-state index in [-0.39, 0.29) is 4.90 Å². The predicted octanol–water partition coefficient (Wildman–Crippen LogP) is 3.28. The van der Waals surface area contributed by atoms with Gasteiger partial charge in [0.2, 0.25) is 9.84 Å². The molecule has 0 fully saturated rings. The Morgan fingerprint density at radius 1 is 1.12 bits per heavy atom. The fourth-order valence-corrected chi connectivity index (χ4v) is 4.25. The van der Waals surface area contributed by atoms with Gasteiger partial charge in [0.1, 0.15) is 0 Å². The van der Waals surface area contributed by atoms with Crippen molar-refractivity contribution in [2.24, 2.45) is 0 Å². The first-order valence-electron chi connectivity index (χ1n) is 7.66. The molecule has 0 atom stereocenters. The van der Waals surface area contributed by atoms with Crippen LogP contribution in [0.15, 0.2) is 46.7 Å². The SMILES string of the molecule is COc1cc2c(cc1OC)/C(=C/S(=O)(=O)c1cccc(Cl)c1)NCC2. The third-order valence-corrected chi connectivity index (χ3v) is 5.70. The number of fused-ring (bicyclic) bond motifs is 1. The van der Waals surface area contributed by atoms with Crippen molar-refractivity contribution >= 4 is 27.1 Å². The van der Waals surface area contributed by atoms with Crippen LogP contribution >= 0.6 is 11.6 Å².